The van der Waals surface area contributed by atoms with Gasteiger partial charge < -0.3 is 5.32 Å². The van der Waals surface area contributed by atoms with Crippen LogP contribution in [0, 0.1) is 0 Å². The Labute approximate surface area is 136 Å². The highest BCUT2D eigenvalue weighted by Gasteiger charge is 2.18. The van der Waals surface area contributed by atoms with Gasteiger partial charge in [0.1, 0.15) is 0 Å². The van der Waals surface area contributed by atoms with Crippen LogP contribution < -0.4 is 10.0 Å². The van der Waals surface area contributed by atoms with Gasteiger partial charge in [-0.15, -0.1) is 0 Å². The van der Waals surface area contributed by atoms with Crippen LogP contribution in [-0.4, -0.2) is 39.4 Å². The van der Waals surface area contributed by atoms with Crippen LogP contribution in [0.15, 0.2) is 18.2 Å². The third-order valence-corrected chi connectivity index (χ3v) is 4.88. The highest BCUT2D eigenvalue weighted by Crippen LogP contribution is 2.26. The highest BCUT2D eigenvalue weighted by molar-refractivity contribution is 7.90. The molecule has 0 amide bonds. The van der Waals surface area contributed by atoms with E-state index in [4.69, 9.17) is 23.2 Å². The molecule has 0 aliphatic heterocycles. The fourth-order valence-corrected chi connectivity index (χ4v) is 3.01. The number of hydrogen-bond donors (Lipinski definition) is 2. The monoisotopic (exact) mass is 353 g/mol. The summed E-state index contributed by atoms with van der Waals surface area (Å²) in [7, 11) is -2.10. The average molecular weight is 354 g/mol. The minimum atomic E-state index is -3.63. The van der Waals surface area contributed by atoms with Crippen molar-refractivity contribution in [2.24, 2.45) is 0 Å². The number of nitrogens with one attached hydrogen (secondary N) is 2. The summed E-state index contributed by atoms with van der Waals surface area (Å²) >= 11 is 11.8. The van der Waals surface area contributed by atoms with Gasteiger partial charge in [0, 0.05) is 18.6 Å². The molecule has 5 nitrogen and oxygen atoms in total. The van der Waals surface area contributed by atoms with Gasteiger partial charge in [-0.05, 0) is 44.1 Å². The van der Waals surface area contributed by atoms with Gasteiger partial charge in [0.05, 0.1) is 10.7 Å². The molecule has 0 aliphatic rings. The maximum Gasteiger partial charge on any atom is 0.301 e. The Balaban J connectivity index is 2.57. The minimum Gasteiger partial charge on any atom is -0.317 e. The average Bonchev–Trinajstić information content (AvgIpc) is 2.42. The molecule has 0 saturated carbocycles. The summed E-state index contributed by atoms with van der Waals surface area (Å²) in [6.45, 7) is 4.23. The first-order valence-corrected chi connectivity index (χ1v) is 8.96. The number of benzene rings is 1. The summed E-state index contributed by atoms with van der Waals surface area (Å²) in [6.07, 6.45) is 1.80. The Morgan fingerprint density at radius 2 is 1.95 bits per heavy atom. The van der Waals surface area contributed by atoms with Gasteiger partial charge in [0.15, 0.2) is 0 Å². The molecule has 0 radical (unpaired) electrons. The first-order chi connectivity index (χ1) is 9.86. The molecule has 8 heteroatoms. The molecule has 21 heavy (non-hydrogen) atoms. The second-order valence-electron chi connectivity index (χ2n) is 4.66. The van der Waals surface area contributed by atoms with Crippen molar-refractivity contribution in [3.63, 3.8) is 0 Å². The zero-order valence-electron chi connectivity index (χ0n) is 12.2. The number of nitrogens with zero attached hydrogens (tertiary/aromatic N) is 1. The molecular formula is C13H21Cl2N3O2S. The fourth-order valence-electron chi connectivity index (χ4n) is 1.64. The quantitative estimate of drug-likeness (QED) is 0.671. The minimum absolute atomic E-state index is 0.278. The molecule has 0 aromatic heterocycles. The summed E-state index contributed by atoms with van der Waals surface area (Å²) < 4.78 is 28.1. The number of rotatable bonds is 9. The van der Waals surface area contributed by atoms with Crippen LogP contribution in [0.3, 0.4) is 0 Å². The summed E-state index contributed by atoms with van der Waals surface area (Å²) in [5, 5.41) is 3.95. The number of halogens is 2. The van der Waals surface area contributed by atoms with Crippen LogP contribution in [0.4, 0.5) is 5.69 Å². The predicted molar refractivity (Wildman–Crippen MR) is 89.4 cm³/mol. The third kappa shape index (κ3) is 6.40. The van der Waals surface area contributed by atoms with Gasteiger partial charge in [-0.3, -0.25) is 4.72 Å². The van der Waals surface area contributed by atoms with Crippen molar-refractivity contribution in [2.75, 3.05) is 31.4 Å². The molecule has 0 fully saturated rings. The van der Waals surface area contributed by atoms with E-state index in [2.05, 4.69) is 17.0 Å². The van der Waals surface area contributed by atoms with Crippen molar-refractivity contribution in [2.45, 2.75) is 19.8 Å². The molecule has 0 unspecified atom stereocenters. The zero-order valence-corrected chi connectivity index (χ0v) is 14.5. The smallest absolute Gasteiger partial charge is 0.301 e. The Kier molecular flexibility index (Phi) is 7.76. The summed E-state index contributed by atoms with van der Waals surface area (Å²) in [4.78, 5) is 0. The maximum atomic E-state index is 12.2. The molecule has 0 heterocycles. The first-order valence-electron chi connectivity index (χ1n) is 6.76. The van der Waals surface area contributed by atoms with Gasteiger partial charge in [-0.1, -0.05) is 30.1 Å². The van der Waals surface area contributed by atoms with E-state index in [1.807, 2.05) is 0 Å². The molecule has 0 atom stereocenters. The number of hydrogen-bond acceptors (Lipinski definition) is 3. The second kappa shape index (κ2) is 8.80. The molecule has 2 N–H and O–H groups in total. The van der Waals surface area contributed by atoms with Crippen LogP contribution in [0.25, 0.3) is 0 Å². The van der Waals surface area contributed by atoms with E-state index in [9.17, 15) is 8.42 Å². The van der Waals surface area contributed by atoms with E-state index in [0.717, 1.165) is 25.9 Å². The molecule has 0 bridgehead atoms. The lowest BCUT2D eigenvalue weighted by molar-refractivity contribution is 0.458. The van der Waals surface area contributed by atoms with E-state index in [-0.39, 0.29) is 5.69 Å². The van der Waals surface area contributed by atoms with Crippen molar-refractivity contribution in [3.05, 3.63) is 28.2 Å². The molecule has 1 rings (SSSR count). The Morgan fingerprint density at radius 1 is 1.24 bits per heavy atom. The topological polar surface area (TPSA) is 61.4 Å². The molecule has 1 aromatic rings. The number of anilines is 1. The van der Waals surface area contributed by atoms with E-state index in [0.29, 0.717) is 16.6 Å². The standard InChI is InChI=1S/C13H21Cl2N3O2S/c1-3-7-16-8-4-9-18(2)21(19,20)17-13-10-11(14)5-6-12(13)15/h5-6,10,16-17H,3-4,7-9H2,1-2H3. The Bertz CT molecular complexity index is 552. The van der Waals surface area contributed by atoms with Crippen molar-refractivity contribution < 1.29 is 8.42 Å². The lowest BCUT2D eigenvalue weighted by atomic mass is 10.3. The van der Waals surface area contributed by atoms with Crippen LogP contribution in [-0.2, 0) is 10.2 Å². The largest absolute Gasteiger partial charge is 0.317 e. The van der Waals surface area contributed by atoms with Crippen LogP contribution in [0.5, 0.6) is 0 Å². The molecule has 0 spiro atoms. The van der Waals surface area contributed by atoms with Crippen molar-refractivity contribution >= 4 is 39.1 Å². The van der Waals surface area contributed by atoms with Crippen LogP contribution in [0.2, 0.25) is 10.0 Å². The van der Waals surface area contributed by atoms with Crippen molar-refractivity contribution in [1.29, 1.82) is 0 Å². The first kappa shape index (κ1) is 18.5. The summed E-state index contributed by atoms with van der Waals surface area (Å²) in [5.74, 6) is 0. The van der Waals surface area contributed by atoms with E-state index in [1.165, 1.54) is 17.4 Å². The van der Waals surface area contributed by atoms with Gasteiger partial charge in [0.2, 0.25) is 0 Å². The fraction of sp³-hybridized carbons (Fsp3) is 0.538. The Morgan fingerprint density at radius 3 is 2.62 bits per heavy atom. The van der Waals surface area contributed by atoms with Crippen molar-refractivity contribution in [3.8, 4) is 0 Å². The molecule has 0 aliphatic carbocycles. The van der Waals surface area contributed by atoms with Gasteiger partial charge in [-0.25, -0.2) is 0 Å². The molecular weight excluding hydrogens is 333 g/mol. The second-order valence-corrected chi connectivity index (χ2v) is 7.28. The lowest BCUT2D eigenvalue weighted by Gasteiger charge is -2.19. The van der Waals surface area contributed by atoms with E-state index >= 15 is 0 Å². The normalized spacial score (nSPS) is 11.9. The highest BCUT2D eigenvalue weighted by atomic mass is 35.5. The molecule has 0 saturated heterocycles. The zero-order chi connectivity index (χ0) is 15.9. The molecule has 1 aromatic carbocycles. The van der Waals surface area contributed by atoms with E-state index in [1.54, 1.807) is 12.1 Å². The maximum absolute atomic E-state index is 12.2. The van der Waals surface area contributed by atoms with Crippen molar-refractivity contribution in [1.82, 2.24) is 9.62 Å². The van der Waals surface area contributed by atoms with Crippen LogP contribution >= 0.6 is 23.2 Å². The van der Waals surface area contributed by atoms with Gasteiger partial charge in [-0.2, -0.15) is 12.7 Å². The SMILES string of the molecule is CCCNCCCN(C)S(=O)(=O)Nc1cc(Cl)ccc1Cl. The predicted octanol–water partition coefficient (Wildman–Crippen LogP) is 2.97. The van der Waals surface area contributed by atoms with Gasteiger partial charge in [0.25, 0.3) is 0 Å². The molecule has 120 valence electrons. The van der Waals surface area contributed by atoms with E-state index < -0.39 is 10.2 Å². The van der Waals surface area contributed by atoms with Gasteiger partial charge >= 0.3 is 10.2 Å². The summed E-state index contributed by atoms with van der Waals surface area (Å²) in [6, 6.07) is 4.64. The Hall–Kier alpha value is -0.530. The van der Waals surface area contributed by atoms with Crippen LogP contribution in [0.1, 0.15) is 19.8 Å². The third-order valence-electron chi connectivity index (χ3n) is 2.83. The lowest BCUT2D eigenvalue weighted by Crippen LogP contribution is -2.34. The summed E-state index contributed by atoms with van der Waals surface area (Å²) in [5.41, 5.74) is 0.278.